The summed E-state index contributed by atoms with van der Waals surface area (Å²) in [7, 11) is 0. The van der Waals surface area contributed by atoms with Gasteiger partial charge in [-0.2, -0.15) is 13.2 Å². The van der Waals surface area contributed by atoms with Crippen LogP contribution >= 0.6 is 0 Å². The molecule has 3 aromatic rings. The Bertz CT molecular complexity index is 1190. The lowest BCUT2D eigenvalue weighted by atomic mass is 9.97. The monoisotopic (exact) mass is 460 g/mol. The van der Waals surface area contributed by atoms with Crippen molar-refractivity contribution in [2.75, 3.05) is 13.1 Å². The zero-order chi connectivity index (χ0) is 23.8. The Morgan fingerprint density at radius 1 is 1.18 bits per heavy atom. The molecule has 1 unspecified atom stereocenters. The summed E-state index contributed by atoms with van der Waals surface area (Å²) in [5.41, 5.74) is 0.160. The van der Waals surface area contributed by atoms with Crippen molar-refractivity contribution in [3.05, 3.63) is 75.2 Å². The van der Waals surface area contributed by atoms with Crippen LogP contribution in [0, 0.1) is 17.0 Å². The molecule has 2 aromatic carbocycles. The Balaban J connectivity index is 1.49. The molecule has 1 saturated heterocycles. The molecule has 0 saturated carbocycles. The molecule has 1 aliphatic rings. The summed E-state index contributed by atoms with van der Waals surface area (Å²) in [6, 6.07) is 8.80. The first kappa shape index (κ1) is 22.4. The lowest BCUT2D eigenvalue weighted by Gasteiger charge is -2.31. The molecule has 4 rings (SSSR count). The van der Waals surface area contributed by atoms with Gasteiger partial charge in [0.05, 0.1) is 16.4 Å². The minimum absolute atomic E-state index is 0.0938. The fourth-order valence-corrected chi connectivity index (χ4v) is 3.80. The maximum absolute atomic E-state index is 12.9. The number of aromatic nitrogens is 2. The van der Waals surface area contributed by atoms with E-state index in [1.54, 1.807) is 24.0 Å². The van der Waals surface area contributed by atoms with Crippen LogP contribution in [0.25, 0.3) is 11.5 Å². The number of nitro groups is 1. The molecular formula is C22H19F3N4O4. The SMILES string of the molecule is Cc1ccc(C(=O)N2CCCC(c3nnc(-c4ccc(C(F)(F)F)cc4)o3)C2)cc1[N+](=O)[O-]. The summed E-state index contributed by atoms with van der Waals surface area (Å²) in [6.45, 7) is 2.37. The van der Waals surface area contributed by atoms with Crippen LogP contribution in [-0.2, 0) is 6.18 Å². The standard InChI is InChI=1S/C22H19F3N4O4/c1-13-4-5-15(11-18(13)29(31)32)21(30)28-10-2-3-16(12-28)20-27-26-19(33-20)14-6-8-17(9-7-14)22(23,24)25/h4-9,11,16H,2-3,10,12H2,1H3. The highest BCUT2D eigenvalue weighted by Gasteiger charge is 2.31. The van der Waals surface area contributed by atoms with E-state index in [4.69, 9.17) is 4.42 Å². The third-order valence-corrected chi connectivity index (χ3v) is 5.61. The topological polar surface area (TPSA) is 102 Å². The van der Waals surface area contributed by atoms with Gasteiger partial charge in [0.2, 0.25) is 11.8 Å². The second kappa shape index (κ2) is 8.64. The van der Waals surface area contributed by atoms with Gasteiger partial charge in [-0.3, -0.25) is 14.9 Å². The van der Waals surface area contributed by atoms with Crippen molar-refractivity contribution in [3.63, 3.8) is 0 Å². The quantitative estimate of drug-likeness (QED) is 0.401. The molecule has 1 amide bonds. The van der Waals surface area contributed by atoms with Crippen molar-refractivity contribution in [1.82, 2.24) is 15.1 Å². The average molecular weight is 460 g/mol. The van der Waals surface area contributed by atoms with Crippen LogP contribution in [0.1, 0.15) is 46.1 Å². The van der Waals surface area contributed by atoms with Crippen molar-refractivity contribution in [2.45, 2.75) is 31.9 Å². The highest BCUT2D eigenvalue weighted by molar-refractivity contribution is 5.95. The lowest BCUT2D eigenvalue weighted by Crippen LogP contribution is -2.39. The van der Waals surface area contributed by atoms with E-state index in [-0.39, 0.29) is 41.4 Å². The summed E-state index contributed by atoms with van der Waals surface area (Å²) < 4.78 is 44.0. The fraction of sp³-hybridized carbons (Fsp3) is 0.318. The van der Waals surface area contributed by atoms with Crippen LogP contribution in [0.3, 0.4) is 0 Å². The van der Waals surface area contributed by atoms with Crippen LogP contribution in [0.4, 0.5) is 18.9 Å². The molecule has 1 atom stereocenters. The molecule has 1 aliphatic heterocycles. The van der Waals surface area contributed by atoms with E-state index in [9.17, 15) is 28.1 Å². The van der Waals surface area contributed by atoms with E-state index in [2.05, 4.69) is 10.2 Å². The number of carbonyl (C=O) groups is 1. The predicted molar refractivity (Wildman–Crippen MR) is 110 cm³/mol. The Hall–Kier alpha value is -3.76. The number of likely N-dealkylation sites (tertiary alicyclic amines) is 1. The average Bonchev–Trinajstić information content (AvgIpc) is 3.29. The molecule has 0 N–H and O–H groups in total. The van der Waals surface area contributed by atoms with Crippen LogP contribution < -0.4 is 0 Å². The number of halogens is 3. The van der Waals surface area contributed by atoms with Gasteiger partial charge >= 0.3 is 6.18 Å². The van der Waals surface area contributed by atoms with Crippen molar-refractivity contribution in [2.24, 2.45) is 0 Å². The summed E-state index contributed by atoms with van der Waals surface area (Å²) in [6.07, 6.45) is -3.08. The van der Waals surface area contributed by atoms with Gasteiger partial charge < -0.3 is 9.32 Å². The number of hydrogen-bond donors (Lipinski definition) is 0. The van der Waals surface area contributed by atoms with Gasteiger partial charge in [0, 0.05) is 35.8 Å². The molecular weight excluding hydrogens is 441 g/mol. The zero-order valence-corrected chi connectivity index (χ0v) is 17.5. The molecule has 8 nitrogen and oxygen atoms in total. The minimum Gasteiger partial charge on any atom is -0.420 e. The molecule has 1 fully saturated rings. The van der Waals surface area contributed by atoms with E-state index in [1.165, 1.54) is 18.2 Å². The van der Waals surface area contributed by atoms with E-state index in [1.807, 2.05) is 0 Å². The molecule has 0 spiro atoms. The normalized spacial score (nSPS) is 16.6. The van der Waals surface area contributed by atoms with Gasteiger partial charge in [0.25, 0.3) is 11.6 Å². The van der Waals surface area contributed by atoms with E-state index in [0.717, 1.165) is 12.1 Å². The van der Waals surface area contributed by atoms with Crippen molar-refractivity contribution < 1.29 is 27.3 Å². The first-order chi connectivity index (χ1) is 15.6. The maximum Gasteiger partial charge on any atom is 0.416 e. The molecule has 11 heteroatoms. The van der Waals surface area contributed by atoms with Crippen LogP contribution in [0.15, 0.2) is 46.9 Å². The lowest BCUT2D eigenvalue weighted by molar-refractivity contribution is -0.385. The first-order valence-corrected chi connectivity index (χ1v) is 10.2. The molecule has 33 heavy (non-hydrogen) atoms. The number of nitrogens with zero attached hydrogens (tertiary/aromatic N) is 4. The molecule has 2 heterocycles. The summed E-state index contributed by atoms with van der Waals surface area (Å²) >= 11 is 0. The first-order valence-electron chi connectivity index (χ1n) is 10.2. The van der Waals surface area contributed by atoms with Gasteiger partial charge in [-0.25, -0.2) is 0 Å². The van der Waals surface area contributed by atoms with Crippen molar-refractivity contribution >= 4 is 11.6 Å². The second-order valence-electron chi connectivity index (χ2n) is 7.87. The Kier molecular flexibility index (Phi) is 5.88. The number of rotatable bonds is 4. The van der Waals surface area contributed by atoms with Gasteiger partial charge in [-0.05, 0) is 50.1 Å². The van der Waals surface area contributed by atoms with Gasteiger partial charge in [0.15, 0.2) is 0 Å². The van der Waals surface area contributed by atoms with Crippen molar-refractivity contribution in [1.29, 1.82) is 0 Å². The number of nitro benzene ring substituents is 1. The second-order valence-corrected chi connectivity index (χ2v) is 7.87. The number of hydrogen-bond acceptors (Lipinski definition) is 6. The Morgan fingerprint density at radius 3 is 2.58 bits per heavy atom. The van der Waals surface area contributed by atoms with Gasteiger partial charge in [0.1, 0.15) is 0 Å². The third kappa shape index (κ3) is 4.71. The summed E-state index contributed by atoms with van der Waals surface area (Å²) in [5, 5.41) is 19.2. The molecule has 0 aliphatic carbocycles. The number of carbonyl (C=O) groups excluding carboxylic acids is 1. The number of alkyl halides is 3. The van der Waals surface area contributed by atoms with E-state index >= 15 is 0 Å². The molecule has 1 aromatic heterocycles. The largest absolute Gasteiger partial charge is 0.420 e. The summed E-state index contributed by atoms with van der Waals surface area (Å²) in [5.74, 6) is -0.197. The van der Waals surface area contributed by atoms with Crippen LogP contribution in [0.2, 0.25) is 0 Å². The predicted octanol–water partition coefficient (Wildman–Crippen LogP) is 4.99. The van der Waals surface area contributed by atoms with Gasteiger partial charge in [-0.1, -0.05) is 6.07 Å². The molecule has 0 radical (unpaired) electrons. The van der Waals surface area contributed by atoms with E-state index < -0.39 is 16.7 Å². The van der Waals surface area contributed by atoms with Gasteiger partial charge in [-0.15, -0.1) is 10.2 Å². The highest BCUT2D eigenvalue weighted by Crippen LogP contribution is 2.32. The van der Waals surface area contributed by atoms with Crippen molar-refractivity contribution in [3.8, 4) is 11.5 Å². The minimum atomic E-state index is -4.44. The Labute approximate surface area is 186 Å². The number of benzene rings is 2. The highest BCUT2D eigenvalue weighted by atomic mass is 19.4. The van der Waals surface area contributed by atoms with Crippen LogP contribution in [0.5, 0.6) is 0 Å². The number of aryl methyl sites for hydroxylation is 1. The molecule has 0 bridgehead atoms. The number of piperidine rings is 1. The van der Waals surface area contributed by atoms with E-state index in [0.29, 0.717) is 30.5 Å². The maximum atomic E-state index is 12.9. The molecule has 172 valence electrons. The third-order valence-electron chi connectivity index (χ3n) is 5.61. The zero-order valence-electron chi connectivity index (χ0n) is 17.5. The fourth-order valence-electron chi connectivity index (χ4n) is 3.80. The summed E-state index contributed by atoms with van der Waals surface area (Å²) in [4.78, 5) is 25.2. The van der Waals surface area contributed by atoms with Crippen LogP contribution in [-0.4, -0.2) is 39.0 Å². The Morgan fingerprint density at radius 2 is 1.91 bits per heavy atom. The smallest absolute Gasteiger partial charge is 0.416 e. The number of amides is 1.